The van der Waals surface area contributed by atoms with E-state index in [-0.39, 0.29) is 24.3 Å². The minimum absolute atomic E-state index is 0.0619. The van der Waals surface area contributed by atoms with E-state index in [1.807, 2.05) is 17.2 Å². The maximum atomic E-state index is 12.7. The van der Waals surface area contributed by atoms with Crippen molar-refractivity contribution in [3.8, 4) is 0 Å². The Kier molecular flexibility index (Phi) is 5.06. The fraction of sp³-hybridized carbons (Fsp3) is 0.588. The van der Waals surface area contributed by atoms with Crippen molar-refractivity contribution in [1.82, 2.24) is 30.4 Å². The fourth-order valence-electron chi connectivity index (χ4n) is 3.54. The summed E-state index contributed by atoms with van der Waals surface area (Å²) in [5.41, 5.74) is 0.717. The third kappa shape index (κ3) is 3.95. The molecule has 2 fully saturated rings. The predicted octanol–water partition coefficient (Wildman–Crippen LogP) is 1.44. The summed E-state index contributed by atoms with van der Waals surface area (Å²) in [6, 6.07) is -0.117. The number of carbonyl (C=O) groups excluding carboxylic acids is 2. The van der Waals surface area contributed by atoms with E-state index in [0.717, 1.165) is 37.5 Å². The van der Waals surface area contributed by atoms with E-state index in [1.165, 1.54) is 11.3 Å². The number of hydrogen-bond acceptors (Lipinski definition) is 6. The predicted molar refractivity (Wildman–Crippen MR) is 101 cm³/mol. The van der Waals surface area contributed by atoms with Crippen LogP contribution >= 0.6 is 11.3 Å². The summed E-state index contributed by atoms with van der Waals surface area (Å²) in [7, 11) is 0. The Bertz CT molecular complexity index is 833. The zero-order chi connectivity index (χ0) is 18.8. The molecule has 144 valence electrons. The Morgan fingerprint density at radius 3 is 3.00 bits per heavy atom. The highest BCUT2D eigenvalue weighted by Crippen LogP contribution is 2.26. The summed E-state index contributed by atoms with van der Waals surface area (Å²) in [5.74, 6) is 1.82. The number of nitrogens with zero attached hydrogens (tertiary/aromatic N) is 5. The van der Waals surface area contributed by atoms with Crippen LogP contribution in [-0.4, -0.2) is 63.2 Å². The quantitative estimate of drug-likeness (QED) is 0.823. The third-order valence-electron chi connectivity index (χ3n) is 4.94. The molecular formula is C17H23N7O2S. The van der Waals surface area contributed by atoms with Crippen molar-refractivity contribution in [1.29, 1.82) is 0 Å². The van der Waals surface area contributed by atoms with Crippen molar-refractivity contribution in [3.63, 3.8) is 0 Å². The van der Waals surface area contributed by atoms with Gasteiger partial charge in [0.05, 0.1) is 12.1 Å². The van der Waals surface area contributed by atoms with Crippen LogP contribution in [0.25, 0.3) is 0 Å². The molecule has 1 unspecified atom stereocenters. The fourth-order valence-corrected chi connectivity index (χ4v) is 4.39. The van der Waals surface area contributed by atoms with Gasteiger partial charge in [-0.1, -0.05) is 0 Å². The number of aryl methyl sites for hydroxylation is 1. The van der Waals surface area contributed by atoms with Crippen molar-refractivity contribution in [2.45, 2.75) is 38.5 Å². The van der Waals surface area contributed by atoms with E-state index in [9.17, 15) is 9.59 Å². The third-order valence-corrected chi connectivity index (χ3v) is 5.85. The zero-order valence-electron chi connectivity index (χ0n) is 15.3. The molecule has 4 rings (SSSR count). The molecule has 2 aliphatic heterocycles. The van der Waals surface area contributed by atoms with Crippen LogP contribution in [0.4, 0.5) is 9.93 Å². The number of piperidine rings is 1. The summed E-state index contributed by atoms with van der Waals surface area (Å²) >= 11 is 1.41. The Morgan fingerprint density at radius 2 is 2.22 bits per heavy atom. The summed E-state index contributed by atoms with van der Waals surface area (Å²) in [4.78, 5) is 37.1. The second-order valence-electron chi connectivity index (χ2n) is 6.99. The van der Waals surface area contributed by atoms with Crippen molar-refractivity contribution in [2.75, 3.05) is 31.1 Å². The van der Waals surface area contributed by atoms with Crippen LogP contribution in [0.2, 0.25) is 0 Å². The van der Waals surface area contributed by atoms with E-state index in [2.05, 4.69) is 25.5 Å². The topological polar surface area (TPSA) is 107 Å². The van der Waals surface area contributed by atoms with E-state index < -0.39 is 0 Å². The lowest BCUT2D eigenvalue weighted by atomic mass is 9.97. The van der Waals surface area contributed by atoms with Crippen LogP contribution in [0.5, 0.6) is 0 Å². The van der Waals surface area contributed by atoms with Gasteiger partial charge in [0, 0.05) is 37.5 Å². The van der Waals surface area contributed by atoms with Gasteiger partial charge in [-0.05, 0) is 26.2 Å². The number of anilines is 1. The molecule has 2 aromatic heterocycles. The maximum absolute atomic E-state index is 12.7. The van der Waals surface area contributed by atoms with Crippen LogP contribution in [-0.2, 0) is 11.2 Å². The number of rotatable bonds is 4. The molecule has 10 heteroatoms. The minimum Gasteiger partial charge on any atom is -0.342 e. The smallest absolute Gasteiger partial charge is 0.323 e. The second-order valence-corrected chi connectivity index (χ2v) is 7.83. The van der Waals surface area contributed by atoms with Crippen LogP contribution < -0.4 is 10.2 Å². The van der Waals surface area contributed by atoms with Gasteiger partial charge >= 0.3 is 6.03 Å². The monoisotopic (exact) mass is 389 g/mol. The van der Waals surface area contributed by atoms with Gasteiger partial charge in [0.15, 0.2) is 11.0 Å². The molecule has 0 aromatic carbocycles. The molecule has 27 heavy (non-hydrogen) atoms. The number of amides is 3. The average molecular weight is 389 g/mol. The molecule has 0 radical (unpaired) electrons. The molecular weight excluding hydrogens is 366 g/mol. The van der Waals surface area contributed by atoms with Gasteiger partial charge in [-0.15, -0.1) is 11.3 Å². The van der Waals surface area contributed by atoms with Gasteiger partial charge in [0.2, 0.25) is 5.91 Å². The Morgan fingerprint density at radius 1 is 1.33 bits per heavy atom. The molecule has 9 nitrogen and oxygen atoms in total. The van der Waals surface area contributed by atoms with Gasteiger partial charge in [0.1, 0.15) is 5.82 Å². The Labute approximate surface area is 161 Å². The summed E-state index contributed by atoms with van der Waals surface area (Å²) in [6.45, 7) is 4.64. The van der Waals surface area contributed by atoms with E-state index >= 15 is 0 Å². The standard InChI is InChI=1S/C17H23N7O2S/c1-11-19-15(22-21-11)12-4-2-6-23(9-12)14(25)8-13-10-27-17(20-13)24-7-3-5-18-16(24)26/h10,12H,2-9H2,1H3,(H,18,26)(H,19,21,22). The number of aromatic nitrogens is 4. The molecule has 0 aliphatic carbocycles. The number of aromatic amines is 1. The molecule has 2 aromatic rings. The normalized spacial score (nSPS) is 20.6. The van der Waals surface area contributed by atoms with Crippen molar-refractivity contribution in [3.05, 3.63) is 22.7 Å². The molecule has 0 saturated carbocycles. The van der Waals surface area contributed by atoms with Crippen LogP contribution in [0.15, 0.2) is 5.38 Å². The molecule has 2 N–H and O–H groups in total. The van der Waals surface area contributed by atoms with Crippen LogP contribution in [0.1, 0.15) is 42.5 Å². The molecule has 1 atom stereocenters. The first-order valence-corrected chi connectivity index (χ1v) is 10.1. The number of hydrogen-bond donors (Lipinski definition) is 2. The Hall–Kier alpha value is -2.49. The Balaban J connectivity index is 1.38. The first-order chi connectivity index (χ1) is 13.1. The number of thiazole rings is 1. The summed E-state index contributed by atoms with van der Waals surface area (Å²) in [6.07, 6.45) is 3.09. The van der Waals surface area contributed by atoms with Crippen LogP contribution in [0.3, 0.4) is 0 Å². The van der Waals surface area contributed by atoms with Gasteiger partial charge in [-0.2, -0.15) is 5.10 Å². The minimum atomic E-state index is -0.117. The molecule has 2 saturated heterocycles. The van der Waals surface area contributed by atoms with E-state index in [1.54, 1.807) is 4.90 Å². The van der Waals surface area contributed by atoms with Crippen molar-refractivity contribution < 1.29 is 9.59 Å². The zero-order valence-corrected chi connectivity index (χ0v) is 16.1. The van der Waals surface area contributed by atoms with Crippen LogP contribution in [0, 0.1) is 6.92 Å². The number of carbonyl (C=O) groups is 2. The largest absolute Gasteiger partial charge is 0.342 e. The van der Waals surface area contributed by atoms with Crippen molar-refractivity contribution >= 4 is 28.4 Å². The first-order valence-electron chi connectivity index (χ1n) is 9.26. The molecule has 4 heterocycles. The summed E-state index contributed by atoms with van der Waals surface area (Å²) in [5, 5.41) is 12.5. The highest BCUT2D eigenvalue weighted by atomic mass is 32.1. The molecule has 3 amide bonds. The lowest BCUT2D eigenvalue weighted by Crippen LogP contribution is -2.46. The van der Waals surface area contributed by atoms with Gasteiger partial charge < -0.3 is 10.2 Å². The highest BCUT2D eigenvalue weighted by Gasteiger charge is 2.28. The lowest BCUT2D eigenvalue weighted by molar-refractivity contribution is -0.131. The lowest BCUT2D eigenvalue weighted by Gasteiger charge is -2.31. The van der Waals surface area contributed by atoms with Gasteiger partial charge in [-0.3, -0.25) is 14.8 Å². The highest BCUT2D eigenvalue weighted by molar-refractivity contribution is 7.14. The first kappa shape index (κ1) is 17.9. The second kappa shape index (κ2) is 7.63. The number of nitrogens with one attached hydrogen (secondary N) is 2. The van der Waals surface area contributed by atoms with Gasteiger partial charge in [-0.25, -0.2) is 14.8 Å². The number of urea groups is 1. The summed E-state index contributed by atoms with van der Waals surface area (Å²) < 4.78 is 0. The molecule has 0 bridgehead atoms. The average Bonchev–Trinajstić information content (AvgIpc) is 3.31. The van der Waals surface area contributed by atoms with E-state index in [0.29, 0.717) is 30.5 Å². The van der Waals surface area contributed by atoms with Gasteiger partial charge in [0.25, 0.3) is 0 Å². The SMILES string of the molecule is Cc1nc(C2CCCN(C(=O)Cc3csc(N4CCCNC4=O)n3)C2)n[nH]1. The maximum Gasteiger partial charge on any atom is 0.323 e. The van der Waals surface area contributed by atoms with Crippen molar-refractivity contribution in [2.24, 2.45) is 0 Å². The molecule has 2 aliphatic rings. The van der Waals surface area contributed by atoms with E-state index in [4.69, 9.17) is 0 Å². The number of H-pyrrole nitrogens is 1. The molecule has 0 spiro atoms. The number of likely N-dealkylation sites (tertiary alicyclic amines) is 1.